The van der Waals surface area contributed by atoms with Crippen LogP contribution in [0.5, 0.6) is 0 Å². The van der Waals surface area contributed by atoms with Gasteiger partial charge in [0.25, 0.3) is 0 Å². The third-order valence-corrected chi connectivity index (χ3v) is 3.09. The van der Waals surface area contributed by atoms with Crippen LogP contribution < -0.4 is 5.32 Å². The molecule has 0 saturated carbocycles. The second-order valence-electron chi connectivity index (χ2n) is 4.43. The second-order valence-corrected chi connectivity index (χ2v) is 4.43. The molecule has 0 aliphatic rings. The fourth-order valence-electron chi connectivity index (χ4n) is 1.99. The zero-order chi connectivity index (χ0) is 13.0. The maximum Gasteiger partial charge on any atom is 0.231 e. The Morgan fingerprint density at radius 1 is 1.00 bits per heavy atom. The third kappa shape index (κ3) is 2.77. The Morgan fingerprint density at radius 3 is 2.28 bits per heavy atom. The first-order chi connectivity index (χ1) is 8.68. The molecule has 2 heteroatoms. The van der Waals surface area contributed by atoms with E-state index >= 15 is 0 Å². The summed E-state index contributed by atoms with van der Waals surface area (Å²) in [6.45, 7) is 3.96. The first kappa shape index (κ1) is 12.4. The summed E-state index contributed by atoms with van der Waals surface area (Å²) in [5.74, 6) is -0.123. The van der Waals surface area contributed by atoms with E-state index < -0.39 is 0 Å². The molecule has 0 saturated heterocycles. The minimum absolute atomic E-state index is 0.0236. The number of para-hydroxylation sites is 1. The van der Waals surface area contributed by atoms with E-state index in [2.05, 4.69) is 5.32 Å². The Bertz CT molecular complexity index is 534. The standard InChI is InChI=1S/C16H17NO/c1-12-8-6-7-11-15(12)13(2)16(18)17-14-9-4-3-5-10-14/h3-11,13H,1-2H3,(H,17,18). The molecule has 0 bridgehead atoms. The van der Waals surface area contributed by atoms with Gasteiger partial charge in [0.05, 0.1) is 5.92 Å². The summed E-state index contributed by atoms with van der Waals surface area (Å²) in [4.78, 5) is 12.2. The van der Waals surface area contributed by atoms with Gasteiger partial charge < -0.3 is 5.32 Å². The molecule has 0 aliphatic heterocycles. The number of nitrogens with one attached hydrogen (secondary N) is 1. The van der Waals surface area contributed by atoms with E-state index in [0.29, 0.717) is 0 Å². The van der Waals surface area contributed by atoms with Crippen molar-refractivity contribution < 1.29 is 4.79 Å². The summed E-state index contributed by atoms with van der Waals surface area (Å²) in [5, 5.41) is 2.93. The maximum atomic E-state index is 12.2. The van der Waals surface area contributed by atoms with E-state index in [1.54, 1.807) is 0 Å². The van der Waals surface area contributed by atoms with E-state index in [4.69, 9.17) is 0 Å². The predicted octanol–water partition coefficient (Wildman–Crippen LogP) is 3.74. The first-order valence-corrected chi connectivity index (χ1v) is 6.10. The lowest BCUT2D eigenvalue weighted by Crippen LogP contribution is -2.19. The lowest BCUT2D eigenvalue weighted by molar-refractivity contribution is -0.117. The fraction of sp³-hybridized carbons (Fsp3) is 0.188. The summed E-state index contributed by atoms with van der Waals surface area (Å²) < 4.78 is 0. The summed E-state index contributed by atoms with van der Waals surface area (Å²) in [7, 11) is 0. The summed E-state index contributed by atoms with van der Waals surface area (Å²) in [6.07, 6.45) is 0. The molecule has 0 spiro atoms. The lowest BCUT2D eigenvalue weighted by Gasteiger charge is -2.14. The Hall–Kier alpha value is -2.09. The fourth-order valence-corrected chi connectivity index (χ4v) is 1.99. The molecule has 0 aliphatic carbocycles. The van der Waals surface area contributed by atoms with Crippen LogP contribution in [0.25, 0.3) is 0 Å². The number of carbonyl (C=O) groups is 1. The van der Waals surface area contributed by atoms with Crippen molar-refractivity contribution in [3.05, 3.63) is 65.7 Å². The molecule has 1 unspecified atom stereocenters. The Kier molecular flexibility index (Phi) is 3.78. The molecule has 18 heavy (non-hydrogen) atoms. The molecule has 0 radical (unpaired) electrons. The number of carbonyl (C=O) groups excluding carboxylic acids is 1. The van der Waals surface area contributed by atoms with Crippen LogP contribution >= 0.6 is 0 Å². The smallest absolute Gasteiger partial charge is 0.231 e. The van der Waals surface area contributed by atoms with Crippen molar-refractivity contribution in [2.45, 2.75) is 19.8 Å². The lowest BCUT2D eigenvalue weighted by atomic mass is 9.96. The van der Waals surface area contributed by atoms with E-state index in [1.165, 1.54) is 0 Å². The highest BCUT2D eigenvalue weighted by Crippen LogP contribution is 2.20. The molecular formula is C16H17NO. The van der Waals surface area contributed by atoms with Crippen molar-refractivity contribution in [2.24, 2.45) is 0 Å². The number of rotatable bonds is 3. The van der Waals surface area contributed by atoms with Crippen molar-refractivity contribution in [2.75, 3.05) is 5.32 Å². The van der Waals surface area contributed by atoms with Crippen LogP contribution in [0.2, 0.25) is 0 Å². The largest absolute Gasteiger partial charge is 0.326 e. The third-order valence-electron chi connectivity index (χ3n) is 3.09. The van der Waals surface area contributed by atoms with Crippen molar-refractivity contribution in [3.63, 3.8) is 0 Å². The molecule has 1 atom stereocenters. The van der Waals surface area contributed by atoms with Crippen LogP contribution in [0.1, 0.15) is 24.0 Å². The van der Waals surface area contributed by atoms with Crippen molar-refractivity contribution in [3.8, 4) is 0 Å². The molecule has 2 nitrogen and oxygen atoms in total. The first-order valence-electron chi connectivity index (χ1n) is 6.10. The highest BCUT2D eigenvalue weighted by molar-refractivity contribution is 5.95. The van der Waals surface area contributed by atoms with E-state index in [-0.39, 0.29) is 11.8 Å². The summed E-state index contributed by atoms with van der Waals surface area (Å²) in [6, 6.07) is 17.5. The molecule has 1 N–H and O–H groups in total. The van der Waals surface area contributed by atoms with Crippen LogP contribution in [-0.4, -0.2) is 5.91 Å². The SMILES string of the molecule is Cc1ccccc1C(C)C(=O)Nc1ccccc1. The normalized spacial score (nSPS) is 11.9. The summed E-state index contributed by atoms with van der Waals surface area (Å²) >= 11 is 0. The quantitative estimate of drug-likeness (QED) is 0.868. The molecule has 1 amide bonds. The monoisotopic (exact) mass is 239 g/mol. The van der Waals surface area contributed by atoms with Crippen molar-refractivity contribution in [1.29, 1.82) is 0 Å². The molecule has 2 aromatic rings. The van der Waals surface area contributed by atoms with Gasteiger partial charge in [0, 0.05) is 5.69 Å². The van der Waals surface area contributed by atoms with Gasteiger partial charge in [0.2, 0.25) is 5.91 Å². The Balaban J connectivity index is 2.13. The van der Waals surface area contributed by atoms with Crippen LogP contribution in [-0.2, 0) is 4.79 Å². The number of benzene rings is 2. The van der Waals surface area contributed by atoms with Crippen LogP contribution in [0.4, 0.5) is 5.69 Å². The topological polar surface area (TPSA) is 29.1 Å². The molecule has 92 valence electrons. The van der Waals surface area contributed by atoms with Gasteiger partial charge in [-0.15, -0.1) is 0 Å². The maximum absolute atomic E-state index is 12.2. The molecule has 2 aromatic carbocycles. The van der Waals surface area contributed by atoms with Gasteiger partial charge in [-0.05, 0) is 37.1 Å². The van der Waals surface area contributed by atoms with Gasteiger partial charge in [-0.3, -0.25) is 4.79 Å². The average Bonchev–Trinajstić information content (AvgIpc) is 2.39. The Labute approximate surface area is 108 Å². The van der Waals surface area contributed by atoms with E-state index in [1.807, 2.05) is 68.4 Å². The predicted molar refractivity (Wildman–Crippen MR) is 74.7 cm³/mol. The van der Waals surface area contributed by atoms with Gasteiger partial charge in [-0.2, -0.15) is 0 Å². The van der Waals surface area contributed by atoms with Gasteiger partial charge in [-0.25, -0.2) is 0 Å². The molecule has 0 heterocycles. The number of hydrogen-bond acceptors (Lipinski definition) is 1. The summed E-state index contributed by atoms with van der Waals surface area (Å²) in [5.41, 5.74) is 3.06. The van der Waals surface area contributed by atoms with Crippen LogP contribution in [0.15, 0.2) is 54.6 Å². The average molecular weight is 239 g/mol. The number of hydrogen-bond donors (Lipinski definition) is 1. The molecule has 0 aromatic heterocycles. The number of aryl methyl sites for hydroxylation is 1. The van der Waals surface area contributed by atoms with Gasteiger partial charge in [-0.1, -0.05) is 42.5 Å². The Morgan fingerprint density at radius 2 is 1.61 bits per heavy atom. The van der Waals surface area contributed by atoms with Gasteiger partial charge in [0.15, 0.2) is 0 Å². The minimum Gasteiger partial charge on any atom is -0.326 e. The number of amides is 1. The zero-order valence-corrected chi connectivity index (χ0v) is 10.7. The second kappa shape index (κ2) is 5.50. The van der Waals surface area contributed by atoms with Crippen molar-refractivity contribution >= 4 is 11.6 Å². The van der Waals surface area contributed by atoms with E-state index in [9.17, 15) is 4.79 Å². The van der Waals surface area contributed by atoms with Gasteiger partial charge >= 0.3 is 0 Å². The highest BCUT2D eigenvalue weighted by Gasteiger charge is 2.16. The molecular weight excluding hydrogens is 222 g/mol. The zero-order valence-electron chi connectivity index (χ0n) is 10.7. The van der Waals surface area contributed by atoms with E-state index in [0.717, 1.165) is 16.8 Å². The van der Waals surface area contributed by atoms with Gasteiger partial charge in [0.1, 0.15) is 0 Å². The minimum atomic E-state index is -0.147. The number of anilines is 1. The molecule has 2 rings (SSSR count). The molecule has 0 fully saturated rings. The van der Waals surface area contributed by atoms with Crippen molar-refractivity contribution in [1.82, 2.24) is 0 Å². The van der Waals surface area contributed by atoms with Crippen LogP contribution in [0, 0.1) is 6.92 Å². The highest BCUT2D eigenvalue weighted by atomic mass is 16.1. The van der Waals surface area contributed by atoms with Crippen LogP contribution in [0.3, 0.4) is 0 Å².